The molecule has 1 aliphatic heterocycles. The molecule has 0 saturated carbocycles. The molecular formula is C29H29Cl2N3O5S. The van der Waals surface area contributed by atoms with E-state index >= 15 is 0 Å². The molecule has 4 rings (SSSR count). The van der Waals surface area contributed by atoms with Crippen LogP contribution >= 0.6 is 23.2 Å². The lowest BCUT2D eigenvalue weighted by molar-refractivity contribution is -0.141. The van der Waals surface area contributed by atoms with Crippen molar-refractivity contribution >= 4 is 50.9 Å². The first-order chi connectivity index (χ1) is 19.1. The molecule has 1 N–H and O–H groups in total. The normalized spacial score (nSPS) is 14.5. The molecule has 3 amide bonds. The highest BCUT2D eigenvalue weighted by Gasteiger charge is 2.43. The van der Waals surface area contributed by atoms with Crippen LogP contribution in [0, 0.1) is 0 Å². The van der Waals surface area contributed by atoms with Crippen LogP contribution in [-0.2, 0) is 32.6 Å². The Labute approximate surface area is 243 Å². The average molecular weight is 603 g/mol. The molecule has 0 aromatic heterocycles. The fourth-order valence-corrected chi connectivity index (χ4v) is 6.33. The lowest BCUT2D eigenvalue weighted by Gasteiger charge is -2.32. The zero-order valence-corrected chi connectivity index (χ0v) is 24.2. The fourth-order valence-electron chi connectivity index (χ4n) is 4.50. The molecule has 0 saturated heterocycles. The van der Waals surface area contributed by atoms with Crippen LogP contribution in [0.3, 0.4) is 0 Å². The van der Waals surface area contributed by atoms with Gasteiger partial charge in [-0.3, -0.25) is 14.4 Å². The van der Waals surface area contributed by atoms with Crippen molar-refractivity contribution in [2.45, 2.75) is 43.7 Å². The van der Waals surface area contributed by atoms with E-state index < -0.39 is 34.4 Å². The van der Waals surface area contributed by atoms with Crippen molar-refractivity contribution in [1.29, 1.82) is 0 Å². The summed E-state index contributed by atoms with van der Waals surface area (Å²) in [5.41, 5.74) is 1.40. The number of hydrogen-bond acceptors (Lipinski definition) is 5. The van der Waals surface area contributed by atoms with Gasteiger partial charge < -0.3 is 10.2 Å². The van der Waals surface area contributed by atoms with Gasteiger partial charge in [0.05, 0.1) is 15.6 Å². The van der Waals surface area contributed by atoms with E-state index in [1.165, 1.54) is 23.1 Å². The first-order valence-electron chi connectivity index (χ1n) is 12.8. The standard InChI is InChI=1S/C29H29Cl2N3O5S/c1-2-3-15-32-28(36)25(17-20-9-5-4-6-10-20)33(18-21-13-14-23(30)24(31)16-21)27(35)19-34-29(37)22-11-7-8-12-26(22)40(34,38)39/h4-14,16,25H,2-3,15,17-19H2,1H3,(H,32,36)/t25-/m0/s1. The number of unbranched alkanes of at least 4 members (excludes halogenated alkanes) is 1. The topological polar surface area (TPSA) is 104 Å². The number of hydrogen-bond donors (Lipinski definition) is 1. The van der Waals surface area contributed by atoms with Gasteiger partial charge >= 0.3 is 0 Å². The van der Waals surface area contributed by atoms with E-state index in [0.29, 0.717) is 21.4 Å². The predicted molar refractivity (Wildman–Crippen MR) is 154 cm³/mol. The van der Waals surface area contributed by atoms with Crippen molar-refractivity contribution < 1.29 is 22.8 Å². The van der Waals surface area contributed by atoms with Crippen LogP contribution in [0.2, 0.25) is 10.0 Å². The second-order valence-electron chi connectivity index (χ2n) is 9.43. The monoisotopic (exact) mass is 601 g/mol. The molecule has 8 nitrogen and oxygen atoms in total. The average Bonchev–Trinajstić information content (AvgIpc) is 3.13. The molecule has 3 aromatic rings. The summed E-state index contributed by atoms with van der Waals surface area (Å²) in [5, 5.41) is 3.50. The van der Waals surface area contributed by atoms with Gasteiger partial charge in [0, 0.05) is 19.5 Å². The number of benzene rings is 3. The van der Waals surface area contributed by atoms with Gasteiger partial charge in [-0.1, -0.05) is 85.1 Å². The Kier molecular flexibility index (Phi) is 9.50. The molecule has 0 radical (unpaired) electrons. The van der Waals surface area contributed by atoms with Crippen LogP contribution in [0.15, 0.2) is 77.7 Å². The van der Waals surface area contributed by atoms with Crippen molar-refractivity contribution in [2.75, 3.05) is 13.1 Å². The van der Waals surface area contributed by atoms with Gasteiger partial charge in [-0.15, -0.1) is 0 Å². The van der Waals surface area contributed by atoms with Gasteiger partial charge in [0.2, 0.25) is 11.8 Å². The number of amides is 3. The highest BCUT2D eigenvalue weighted by Crippen LogP contribution is 2.30. The van der Waals surface area contributed by atoms with Crippen LogP contribution in [0.5, 0.6) is 0 Å². The number of carbonyl (C=O) groups is 3. The van der Waals surface area contributed by atoms with Crippen molar-refractivity contribution in [3.8, 4) is 0 Å². The quantitative estimate of drug-likeness (QED) is 0.321. The molecule has 0 spiro atoms. The van der Waals surface area contributed by atoms with Gasteiger partial charge in [-0.05, 0) is 41.8 Å². The van der Waals surface area contributed by atoms with Crippen molar-refractivity contribution in [1.82, 2.24) is 14.5 Å². The molecule has 40 heavy (non-hydrogen) atoms. The Morgan fingerprint density at radius 3 is 2.33 bits per heavy atom. The van der Waals surface area contributed by atoms with Crippen LogP contribution in [0.4, 0.5) is 0 Å². The van der Waals surface area contributed by atoms with Crippen LogP contribution in [-0.4, -0.2) is 54.5 Å². The zero-order valence-electron chi connectivity index (χ0n) is 21.8. The van der Waals surface area contributed by atoms with Gasteiger partial charge in [0.25, 0.3) is 15.9 Å². The molecule has 1 heterocycles. The van der Waals surface area contributed by atoms with Gasteiger partial charge in [-0.2, -0.15) is 0 Å². The minimum Gasteiger partial charge on any atom is -0.354 e. The SMILES string of the molecule is CCCCNC(=O)[C@H](Cc1ccccc1)N(Cc1ccc(Cl)c(Cl)c1)C(=O)CN1C(=O)c2ccccc2S1(=O)=O. The minimum absolute atomic E-state index is 0.00415. The Morgan fingerprint density at radius 1 is 0.950 bits per heavy atom. The number of fused-ring (bicyclic) bond motifs is 1. The number of nitrogens with zero attached hydrogens (tertiary/aromatic N) is 2. The summed E-state index contributed by atoms with van der Waals surface area (Å²) in [4.78, 5) is 41.7. The lowest BCUT2D eigenvalue weighted by atomic mass is 10.0. The van der Waals surface area contributed by atoms with E-state index in [9.17, 15) is 22.8 Å². The van der Waals surface area contributed by atoms with E-state index in [1.807, 2.05) is 37.3 Å². The Morgan fingerprint density at radius 2 is 1.65 bits per heavy atom. The zero-order chi connectivity index (χ0) is 28.9. The van der Waals surface area contributed by atoms with E-state index in [-0.39, 0.29) is 34.4 Å². The van der Waals surface area contributed by atoms with E-state index in [1.54, 1.807) is 24.3 Å². The third-order valence-corrected chi connectivity index (χ3v) is 9.15. The molecule has 11 heteroatoms. The van der Waals surface area contributed by atoms with Crippen LogP contribution in [0.25, 0.3) is 0 Å². The second-order valence-corrected chi connectivity index (χ2v) is 12.1. The second kappa shape index (κ2) is 12.8. The number of nitrogens with one attached hydrogen (secondary N) is 1. The third kappa shape index (κ3) is 6.49. The largest absolute Gasteiger partial charge is 0.354 e. The highest BCUT2D eigenvalue weighted by molar-refractivity contribution is 7.90. The predicted octanol–water partition coefficient (Wildman–Crippen LogP) is 4.69. The highest BCUT2D eigenvalue weighted by atomic mass is 35.5. The summed E-state index contributed by atoms with van der Waals surface area (Å²) >= 11 is 12.3. The molecule has 1 atom stereocenters. The molecule has 0 unspecified atom stereocenters. The summed E-state index contributed by atoms with van der Waals surface area (Å²) in [5.74, 6) is -1.88. The number of sulfonamides is 1. The molecular weight excluding hydrogens is 573 g/mol. The maximum absolute atomic E-state index is 13.9. The molecule has 1 aliphatic rings. The summed E-state index contributed by atoms with van der Waals surface area (Å²) in [7, 11) is -4.23. The van der Waals surface area contributed by atoms with Gasteiger partial charge in [0.15, 0.2) is 0 Å². The number of rotatable bonds is 11. The smallest absolute Gasteiger partial charge is 0.269 e. The molecule has 0 fully saturated rings. The van der Waals surface area contributed by atoms with Crippen LogP contribution in [0.1, 0.15) is 41.3 Å². The fraction of sp³-hybridized carbons (Fsp3) is 0.276. The Bertz CT molecular complexity index is 1520. The lowest BCUT2D eigenvalue weighted by Crippen LogP contribution is -2.53. The molecule has 0 aliphatic carbocycles. The maximum atomic E-state index is 13.9. The van der Waals surface area contributed by atoms with Crippen molar-refractivity contribution in [3.63, 3.8) is 0 Å². The third-order valence-electron chi connectivity index (χ3n) is 6.63. The van der Waals surface area contributed by atoms with E-state index in [2.05, 4.69) is 5.32 Å². The van der Waals surface area contributed by atoms with Crippen molar-refractivity contribution in [2.24, 2.45) is 0 Å². The summed E-state index contributed by atoms with van der Waals surface area (Å²) in [6, 6.07) is 18.9. The van der Waals surface area contributed by atoms with Gasteiger partial charge in [-0.25, -0.2) is 12.7 Å². The Balaban J connectivity index is 1.71. The first-order valence-corrected chi connectivity index (χ1v) is 15.0. The van der Waals surface area contributed by atoms with Crippen LogP contribution < -0.4 is 5.32 Å². The van der Waals surface area contributed by atoms with E-state index in [0.717, 1.165) is 18.4 Å². The number of halogens is 2. The van der Waals surface area contributed by atoms with Crippen molar-refractivity contribution in [3.05, 3.63) is 99.5 Å². The van der Waals surface area contributed by atoms with Gasteiger partial charge in [0.1, 0.15) is 17.5 Å². The first kappa shape index (κ1) is 29.6. The summed E-state index contributed by atoms with van der Waals surface area (Å²) in [6.45, 7) is 1.59. The van der Waals surface area contributed by atoms with E-state index in [4.69, 9.17) is 23.2 Å². The summed E-state index contributed by atoms with van der Waals surface area (Å²) in [6.07, 6.45) is 1.79. The maximum Gasteiger partial charge on any atom is 0.269 e. The Hall–Kier alpha value is -3.40. The minimum atomic E-state index is -4.23. The number of carbonyl (C=O) groups excluding carboxylic acids is 3. The molecule has 0 bridgehead atoms. The molecule has 210 valence electrons. The summed E-state index contributed by atoms with van der Waals surface area (Å²) < 4.78 is 26.9. The molecule has 3 aromatic carbocycles.